The Morgan fingerprint density at radius 3 is 2.50 bits per heavy atom. The average molecular weight is 244 g/mol. The summed E-state index contributed by atoms with van der Waals surface area (Å²) in [7, 11) is 0. The lowest BCUT2D eigenvalue weighted by molar-refractivity contribution is 0.0735. The second kappa shape index (κ2) is 5.67. The molecule has 1 atom stereocenters. The molecule has 1 amide bonds. The molecule has 0 spiro atoms. The number of hydrogen-bond donors (Lipinski definition) is 2. The van der Waals surface area contributed by atoms with Crippen LogP contribution in [0.15, 0.2) is 24.3 Å². The molecule has 0 aliphatic carbocycles. The zero-order valence-electron chi connectivity index (χ0n) is 10.1. The average Bonchev–Trinajstić information content (AvgIpc) is 2.47. The quantitative estimate of drug-likeness (QED) is 0.740. The summed E-state index contributed by atoms with van der Waals surface area (Å²) in [5.74, 6) is 2.27. The van der Waals surface area contributed by atoms with Crippen molar-refractivity contribution in [2.24, 2.45) is 0 Å². The summed E-state index contributed by atoms with van der Waals surface area (Å²) in [6.07, 6.45) is 4.23. The predicted octanol–water partition coefficient (Wildman–Crippen LogP) is 0.399. The van der Waals surface area contributed by atoms with Gasteiger partial charge in [-0.2, -0.15) is 0 Å². The SMILES string of the molecule is C#CC(O)c1ccc(C(=O)N2CCNCC2)cc1. The van der Waals surface area contributed by atoms with E-state index in [4.69, 9.17) is 6.42 Å². The number of carbonyl (C=O) groups excluding carboxylic acids is 1. The molecule has 1 fully saturated rings. The van der Waals surface area contributed by atoms with Gasteiger partial charge in [0, 0.05) is 31.7 Å². The third-order valence-corrected chi connectivity index (χ3v) is 3.04. The number of carbonyl (C=O) groups is 1. The molecular weight excluding hydrogens is 228 g/mol. The Morgan fingerprint density at radius 1 is 1.33 bits per heavy atom. The number of hydrogen-bond acceptors (Lipinski definition) is 3. The van der Waals surface area contributed by atoms with Gasteiger partial charge in [0.1, 0.15) is 6.10 Å². The van der Waals surface area contributed by atoms with Gasteiger partial charge in [-0.15, -0.1) is 6.42 Å². The van der Waals surface area contributed by atoms with Crippen LogP contribution >= 0.6 is 0 Å². The number of aliphatic hydroxyl groups excluding tert-OH is 1. The van der Waals surface area contributed by atoms with E-state index in [1.165, 1.54) is 0 Å². The molecule has 0 aromatic heterocycles. The fourth-order valence-corrected chi connectivity index (χ4v) is 1.95. The van der Waals surface area contributed by atoms with Crippen molar-refractivity contribution in [3.8, 4) is 12.3 Å². The molecule has 1 unspecified atom stereocenters. The standard InChI is InChI=1S/C14H16N2O2/c1-2-13(17)11-3-5-12(6-4-11)14(18)16-9-7-15-8-10-16/h1,3-6,13,15,17H,7-10H2. The maximum absolute atomic E-state index is 12.1. The molecule has 2 N–H and O–H groups in total. The number of nitrogens with one attached hydrogen (secondary N) is 1. The minimum absolute atomic E-state index is 0.0262. The third-order valence-electron chi connectivity index (χ3n) is 3.04. The molecule has 1 aromatic carbocycles. The van der Waals surface area contributed by atoms with Gasteiger partial charge in [-0.3, -0.25) is 4.79 Å². The van der Waals surface area contributed by atoms with E-state index in [0.29, 0.717) is 11.1 Å². The minimum Gasteiger partial charge on any atom is -0.376 e. The van der Waals surface area contributed by atoms with Gasteiger partial charge in [0.15, 0.2) is 0 Å². The van der Waals surface area contributed by atoms with Crippen molar-refractivity contribution in [2.45, 2.75) is 6.10 Å². The molecule has 94 valence electrons. The van der Waals surface area contributed by atoms with Gasteiger partial charge in [0.25, 0.3) is 5.91 Å². The van der Waals surface area contributed by atoms with E-state index in [2.05, 4.69) is 11.2 Å². The van der Waals surface area contributed by atoms with Crippen molar-refractivity contribution < 1.29 is 9.90 Å². The first kappa shape index (κ1) is 12.6. The molecule has 0 bridgehead atoms. The number of nitrogens with zero attached hydrogens (tertiary/aromatic N) is 1. The zero-order valence-corrected chi connectivity index (χ0v) is 10.1. The van der Waals surface area contributed by atoms with Crippen molar-refractivity contribution in [3.63, 3.8) is 0 Å². The fourth-order valence-electron chi connectivity index (χ4n) is 1.95. The first-order chi connectivity index (χ1) is 8.72. The lowest BCUT2D eigenvalue weighted by atomic mass is 10.1. The van der Waals surface area contributed by atoms with E-state index in [1.54, 1.807) is 24.3 Å². The molecule has 1 heterocycles. The van der Waals surface area contributed by atoms with Gasteiger partial charge in [0.05, 0.1) is 0 Å². The van der Waals surface area contributed by atoms with Crippen LogP contribution < -0.4 is 5.32 Å². The zero-order chi connectivity index (χ0) is 13.0. The largest absolute Gasteiger partial charge is 0.376 e. The molecule has 1 aromatic rings. The molecule has 4 heteroatoms. The van der Waals surface area contributed by atoms with E-state index >= 15 is 0 Å². The van der Waals surface area contributed by atoms with Gasteiger partial charge in [-0.25, -0.2) is 0 Å². The highest BCUT2D eigenvalue weighted by Gasteiger charge is 2.17. The highest BCUT2D eigenvalue weighted by atomic mass is 16.3. The van der Waals surface area contributed by atoms with E-state index in [0.717, 1.165) is 26.2 Å². The number of terminal acetylenes is 1. The molecule has 0 radical (unpaired) electrons. The number of aliphatic hydroxyl groups is 1. The summed E-state index contributed by atoms with van der Waals surface area (Å²) in [5, 5.41) is 12.7. The van der Waals surface area contributed by atoms with Gasteiger partial charge in [-0.1, -0.05) is 18.1 Å². The third kappa shape index (κ3) is 2.70. The Morgan fingerprint density at radius 2 is 1.94 bits per heavy atom. The van der Waals surface area contributed by atoms with E-state index in [1.807, 2.05) is 4.90 Å². The summed E-state index contributed by atoms with van der Waals surface area (Å²) in [5.41, 5.74) is 1.26. The summed E-state index contributed by atoms with van der Waals surface area (Å²) >= 11 is 0. The van der Waals surface area contributed by atoms with Gasteiger partial charge in [0.2, 0.25) is 0 Å². The highest BCUT2D eigenvalue weighted by molar-refractivity contribution is 5.94. The highest BCUT2D eigenvalue weighted by Crippen LogP contribution is 2.14. The van der Waals surface area contributed by atoms with Crippen LogP contribution in [0.1, 0.15) is 22.0 Å². The number of piperazine rings is 1. The molecule has 1 aliphatic rings. The van der Waals surface area contributed by atoms with E-state index in [9.17, 15) is 9.90 Å². The lowest BCUT2D eigenvalue weighted by Gasteiger charge is -2.27. The lowest BCUT2D eigenvalue weighted by Crippen LogP contribution is -2.46. The number of benzene rings is 1. The maximum Gasteiger partial charge on any atom is 0.253 e. The Labute approximate surface area is 107 Å². The molecule has 18 heavy (non-hydrogen) atoms. The Bertz CT molecular complexity index is 456. The Balaban J connectivity index is 2.09. The topological polar surface area (TPSA) is 52.6 Å². The van der Waals surface area contributed by atoms with Gasteiger partial charge >= 0.3 is 0 Å². The van der Waals surface area contributed by atoms with E-state index in [-0.39, 0.29) is 5.91 Å². The predicted molar refractivity (Wildman–Crippen MR) is 69.0 cm³/mol. The van der Waals surface area contributed by atoms with Crippen LogP contribution in [0.4, 0.5) is 0 Å². The molecule has 1 aliphatic heterocycles. The minimum atomic E-state index is -0.909. The van der Waals surface area contributed by atoms with Crippen LogP contribution in [0.3, 0.4) is 0 Å². The van der Waals surface area contributed by atoms with Gasteiger partial charge in [-0.05, 0) is 17.7 Å². The van der Waals surface area contributed by atoms with Crippen molar-refractivity contribution in [1.82, 2.24) is 10.2 Å². The fraction of sp³-hybridized carbons (Fsp3) is 0.357. The van der Waals surface area contributed by atoms with Crippen LogP contribution in [-0.4, -0.2) is 42.1 Å². The maximum atomic E-state index is 12.1. The summed E-state index contributed by atoms with van der Waals surface area (Å²) in [4.78, 5) is 14.0. The Hall–Kier alpha value is -1.83. The molecule has 4 nitrogen and oxygen atoms in total. The van der Waals surface area contributed by atoms with Crippen molar-refractivity contribution >= 4 is 5.91 Å². The second-order valence-electron chi connectivity index (χ2n) is 4.23. The van der Waals surface area contributed by atoms with Crippen LogP contribution in [0, 0.1) is 12.3 Å². The second-order valence-corrected chi connectivity index (χ2v) is 4.23. The normalized spacial score (nSPS) is 17.0. The number of amides is 1. The molecule has 2 rings (SSSR count). The van der Waals surface area contributed by atoms with E-state index < -0.39 is 6.10 Å². The van der Waals surface area contributed by atoms with Crippen LogP contribution in [0.2, 0.25) is 0 Å². The summed E-state index contributed by atoms with van der Waals surface area (Å²) in [6, 6.07) is 6.81. The van der Waals surface area contributed by atoms with Crippen molar-refractivity contribution in [2.75, 3.05) is 26.2 Å². The summed E-state index contributed by atoms with van der Waals surface area (Å²) in [6.45, 7) is 3.13. The monoisotopic (exact) mass is 244 g/mol. The van der Waals surface area contributed by atoms with Crippen molar-refractivity contribution in [3.05, 3.63) is 35.4 Å². The Kier molecular flexibility index (Phi) is 3.98. The molecule has 1 saturated heterocycles. The van der Waals surface area contributed by atoms with Gasteiger partial charge < -0.3 is 15.3 Å². The smallest absolute Gasteiger partial charge is 0.253 e. The van der Waals surface area contributed by atoms with Crippen LogP contribution in [0.5, 0.6) is 0 Å². The first-order valence-corrected chi connectivity index (χ1v) is 5.96. The number of rotatable bonds is 2. The van der Waals surface area contributed by atoms with Crippen molar-refractivity contribution in [1.29, 1.82) is 0 Å². The summed E-state index contributed by atoms with van der Waals surface area (Å²) < 4.78 is 0. The first-order valence-electron chi connectivity index (χ1n) is 5.96. The molecule has 0 saturated carbocycles. The molecular formula is C14H16N2O2. The van der Waals surface area contributed by atoms with Crippen LogP contribution in [-0.2, 0) is 0 Å². The van der Waals surface area contributed by atoms with Crippen LogP contribution in [0.25, 0.3) is 0 Å².